The van der Waals surface area contributed by atoms with E-state index in [9.17, 15) is 8.42 Å². The standard InChI is InChI=1S/C20H24N6O5S/c1-29-16-8-14-18(9-17(16)30-2)32(27,28)25-19(24-14)15-7-13-12(10-21-15)20(23-11-22-13)26-3-5-31-6-4-26/h8-9,11,15,21H,3-7,10H2,1-2H3,(H,24,25). The van der Waals surface area contributed by atoms with Gasteiger partial charge in [0.25, 0.3) is 10.0 Å². The molecule has 1 unspecified atom stereocenters. The predicted molar refractivity (Wildman–Crippen MR) is 116 cm³/mol. The Morgan fingerprint density at radius 1 is 1.12 bits per heavy atom. The second-order valence-electron chi connectivity index (χ2n) is 7.64. The van der Waals surface area contributed by atoms with Crippen LogP contribution in [-0.4, -0.2) is 70.8 Å². The number of hydrogen-bond acceptors (Lipinski definition) is 10. The first-order valence-corrected chi connectivity index (χ1v) is 11.7. The average molecular weight is 461 g/mol. The lowest BCUT2D eigenvalue weighted by Gasteiger charge is -2.33. The van der Waals surface area contributed by atoms with Crippen molar-refractivity contribution < 1.29 is 22.6 Å². The number of nitrogens with one attached hydrogen (secondary N) is 2. The molecule has 3 aliphatic rings. The molecule has 0 saturated carbocycles. The average Bonchev–Trinajstić information content (AvgIpc) is 2.82. The van der Waals surface area contributed by atoms with Crippen molar-refractivity contribution in [1.29, 1.82) is 0 Å². The third kappa shape index (κ3) is 3.63. The number of sulfonamides is 1. The number of benzene rings is 1. The minimum atomic E-state index is -3.81. The first kappa shape index (κ1) is 20.9. The van der Waals surface area contributed by atoms with Crippen molar-refractivity contribution in [3.8, 4) is 11.5 Å². The van der Waals surface area contributed by atoms with Crippen LogP contribution in [0, 0.1) is 0 Å². The van der Waals surface area contributed by atoms with Crippen LogP contribution in [0.2, 0.25) is 0 Å². The Bertz CT molecular complexity index is 1180. The van der Waals surface area contributed by atoms with Crippen molar-refractivity contribution in [2.45, 2.75) is 23.9 Å². The fraction of sp³-hybridized carbons (Fsp3) is 0.450. The molecule has 32 heavy (non-hydrogen) atoms. The molecule has 4 heterocycles. The molecule has 2 N–H and O–H groups in total. The Labute approximate surface area is 185 Å². The number of methoxy groups -OCH3 is 2. The zero-order valence-electron chi connectivity index (χ0n) is 17.8. The molecule has 2 aromatic rings. The van der Waals surface area contributed by atoms with E-state index in [1.807, 2.05) is 0 Å². The van der Waals surface area contributed by atoms with Gasteiger partial charge in [-0.1, -0.05) is 0 Å². The minimum Gasteiger partial charge on any atom is -0.493 e. The molecule has 1 aromatic heterocycles. The molecular formula is C20H24N6O5S. The van der Waals surface area contributed by atoms with E-state index in [0.717, 1.165) is 30.2 Å². The fourth-order valence-electron chi connectivity index (χ4n) is 4.17. The highest BCUT2D eigenvalue weighted by Crippen LogP contribution is 2.39. The smallest absolute Gasteiger partial charge is 0.265 e. The molecule has 1 fully saturated rings. The van der Waals surface area contributed by atoms with E-state index in [2.05, 4.69) is 29.9 Å². The number of fused-ring (bicyclic) bond motifs is 2. The van der Waals surface area contributed by atoms with E-state index in [1.54, 1.807) is 12.4 Å². The molecule has 5 rings (SSSR count). The Kier molecular flexibility index (Phi) is 5.35. The normalized spacial score (nSPS) is 21.6. The molecule has 1 atom stereocenters. The number of amidine groups is 1. The zero-order chi connectivity index (χ0) is 22.3. The van der Waals surface area contributed by atoms with Crippen LogP contribution in [0.1, 0.15) is 11.3 Å². The molecule has 0 spiro atoms. The summed E-state index contributed by atoms with van der Waals surface area (Å²) in [7, 11) is -0.860. The van der Waals surface area contributed by atoms with E-state index in [1.165, 1.54) is 20.3 Å². The first-order valence-electron chi connectivity index (χ1n) is 10.3. The van der Waals surface area contributed by atoms with Crippen molar-refractivity contribution in [1.82, 2.24) is 20.0 Å². The lowest BCUT2D eigenvalue weighted by molar-refractivity contribution is 0.122. The summed E-state index contributed by atoms with van der Waals surface area (Å²) < 4.78 is 44.5. The van der Waals surface area contributed by atoms with Crippen LogP contribution >= 0.6 is 0 Å². The number of ether oxygens (including phenoxy) is 3. The summed E-state index contributed by atoms with van der Waals surface area (Å²) >= 11 is 0. The van der Waals surface area contributed by atoms with Gasteiger partial charge >= 0.3 is 0 Å². The summed E-state index contributed by atoms with van der Waals surface area (Å²) in [5.41, 5.74) is 2.21. The second-order valence-corrected chi connectivity index (χ2v) is 9.29. The van der Waals surface area contributed by atoms with Crippen molar-refractivity contribution in [3.63, 3.8) is 0 Å². The van der Waals surface area contributed by atoms with Crippen LogP contribution in [0.5, 0.6) is 11.5 Å². The van der Waals surface area contributed by atoms with Gasteiger partial charge in [0, 0.05) is 43.8 Å². The largest absolute Gasteiger partial charge is 0.493 e. The van der Waals surface area contributed by atoms with E-state index in [0.29, 0.717) is 49.2 Å². The first-order chi connectivity index (χ1) is 15.5. The Balaban J connectivity index is 1.47. The third-order valence-electron chi connectivity index (χ3n) is 5.81. The molecular weight excluding hydrogens is 436 g/mol. The van der Waals surface area contributed by atoms with Crippen LogP contribution < -0.4 is 24.4 Å². The van der Waals surface area contributed by atoms with E-state index < -0.39 is 10.0 Å². The molecule has 3 aliphatic heterocycles. The highest BCUT2D eigenvalue weighted by atomic mass is 32.2. The van der Waals surface area contributed by atoms with Crippen molar-refractivity contribution >= 4 is 27.4 Å². The number of morpholine rings is 1. The number of anilines is 1. The molecule has 0 aliphatic carbocycles. The molecule has 1 aromatic carbocycles. The maximum atomic E-state index is 12.9. The van der Waals surface area contributed by atoms with Crippen molar-refractivity contribution in [2.24, 2.45) is 4.99 Å². The van der Waals surface area contributed by atoms with Crippen LogP contribution in [0.4, 0.5) is 11.5 Å². The van der Waals surface area contributed by atoms with Gasteiger partial charge in [-0.3, -0.25) is 4.72 Å². The molecule has 0 bridgehead atoms. The van der Waals surface area contributed by atoms with Gasteiger partial charge in [0.15, 0.2) is 11.5 Å². The van der Waals surface area contributed by atoms with Crippen LogP contribution in [0.15, 0.2) is 28.3 Å². The number of aromatic nitrogens is 2. The molecule has 11 nitrogen and oxygen atoms in total. The monoisotopic (exact) mass is 460 g/mol. The van der Waals surface area contributed by atoms with Crippen LogP contribution in [0.25, 0.3) is 0 Å². The van der Waals surface area contributed by atoms with Gasteiger partial charge in [0.05, 0.1) is 44.9 Å². The minimum absolute atomic E-state index is 0.0482. The third-order valence-corrected chi connectivity index (χ3v) is 7.19. The second kappa shape index (κ2) is 8.19. The van der Waals surface area contributed by atoms with E-state index in [4.69, 9.17) is 14.2 Å². The molecule has 170 valence electrons. The molecule has 12 heteroatoms. The van der Waals surface area contributed by atoms with Crippen molar-refractivity contribution in [3.05, 3.63) is 29.7 Å². The number of rotatable bonds is 4. The van der Waals surface area contributed by atoms with Crippen molar-refractivity contribution in [2.75, 3.05) is 45.4 Å². The fourth-order valence-corrected chi connectivity index (χ4v) is 5.39. The lowest BCUT2D eigenvalue weighted by atomic mass is 10.00. The number of aliphatic imine (C=N–C) groups is 1. The van der Waals surface area contributed by atoms with Gasteiger partial charge in [-0.05, 0) is 0 Å². The Morgan fingerprint density at radius 2 is 1.88 bits per heavy atom. The molecule has 1 saturated heterocycles. The molecule has 0 amide bonds. The number of hydrogen-bond donors (Lipinski definition) is 2. The Morgan fingerprint density at radius 3 is 2.62 bits per heavy atom. The quantitative estimate of drug-likeness (QED) is 0.665. The van der Waals surface area contributed by atoms with Gasteiger partial charge < -0.3 is 24.4 Å². The summed E-state index contributed by atoms with van der Waals surface area (Å²) in [5, 5.41) is 3.39. The van der Waals surface area contributed by atoms with Gasteiger partial charge in [-0.15, -0.1) is 0 Å². The van der Waals surface area contributed by atoms with Crippen LogP contribution in [0.3, 0.4) is 0 Å². The van der Waals surface area contributed by atoms with Crippen LogP contribution in [-0.2, 0) is 27.7 Å². The predicted octanol–water partition coefficient (Wildman–Crippen LogP) is 0.367. The van der Waals surface area contributed by atoms with E-state index in [-0.39, 0.29) is 10.9 Å². The summed E-state index contributed by atoms with van der Waals surface area (Å²) in [6.45, 7) is 3.40. The zero-order valence-corrected chi connectivity index (χ0v) is 18.6. The Hall–Kier alpha value is -2.96. The topological polar surface area (TPSA) is 127 Å². The van der Waals surface area contributed by atoms with Gasteiger partial charge in [-0.2, -0.15) is 0 Å². The SMILES string of the molecule is COc1cc2c(cc1OC)S(=O)(=O)NC(C1Cc3ncnc(N4CCOCC4)c3CN1)=N2. The maximum absolute atomic E-state index is 12.9. The summed E-state index contributed by atoms with van der Waals surface area (Å²) in [6.07, 6.45) is 2.05. The van der Waals surface area contributed by atoms with Gasteiger partial charge in [-0.25, -0.2) is 23.4 Å². The summed E-state index contributed by atoms with van der Waals surface area (Å²) in [6, 6.07) is 2.65. The summed E-state index contributed by atoms with van der Waals surface area (Å²) in [4.78, 5) is 15.8. The van der Waals surface area contributed by atoms with Gasteiger partial charge in [0.2, 0.25) is 0 Å². The lowest BCUT2D eigenvalue weighted by Crippen LogP contribution is -2.51. The van der Waals surface area contributed by atoms with Gasteiger partial charge in [0.1, 0.15) is 22.9 Å². The highest BCUT2D eigenvalue weighted by Gasteiger charge is 2.34. The maximum Gasteiger partial charge on any atom is 0.265 e. The summed E-state index contributed by atoms with van der Waals surface area (Å²) in [5.74, 6) is 1.96. The van der Waals surface area contributed by atoms with E-state index >= 15 is 0 Å². The molecule has 0 radical (unpaired) electrons. The highest BCUT2D eigenvalue weighted by molar-refractivity contribution is 7.90. The number of nitrogens with zero attached hydrogens (tertiary/aromatic N) is 4.